The predicted molar refractivity (Wildman–Crippen MR) is 123 cm³/mol. The summed E-state index contributed by atoms with van der Waals surface area (Å²) in [6.07, 6.45) is 1.42. The van der Waals surface area contributed by atoms with Crippen LogP contribution < -0.4 is 9.62 Å². The molecule has 0 spiro atoms. The molecule has 3 aromatic rings. The van der Waals surface area contributed by atoms with E-state index in [9.17, 15) is 13.2 Å². The SMILES string of the molecule is CC[C@H](C(=O)NCc1ccc2ccccc2c1)N(c1ccc(C)c(Cl)c1)S(C)(=O)=O. The summed E-state index contributed by atoms with van der Waals surface area (Å²) in [7, 11) is -3.70. The number of hydrogen-bond donors (Lipinski definition) is 1. The fourth-order valence-corrected chi connectivity index (χ4v) is 4.81. The Kier molecular flexibility index (Phi) is 6.68. The van der Waals surface area contributed by atoms with Gasteiger partial charge in [0.2, 0.25) is 15.9 Å². The highest BCUT2D eigenvalue weighted by atomic mass is 35.5. The first-order chi connectivity index (χ1) is 14.2. The molecule has 3 aromatic carbocycles. The number of benzene rings is 3. The Morgan fingerprint density at radius 2 is 1.77 bits per heavy atom. The Balaban J connectivity index is 1.83. The third-order valence-corrected chi connectivity index (χ3v) is 6.61. The maximum atomic E-state index is 13.0. The largest absolute Gasteiger partial charge is 0.350 e. The molecule has 0 aliphatic carbocycles. The number of rotatable bonds is 7. The minimum atomic E-state index is -3.70. The summed E-state index contributed by atoms with van der Waals surface area (Å²) in [5, 5.41) is 5.55. The standard InChI is InChI=1S/C23H25ClN2O3S/c1-4-22(26(30(3,28)29)20-12-9-16(2)21(24)14-20)23(27)25-15-17-10-11-18-7-5-6-8-19(18)13-17/h5-14,22H,4,15H2,1-3H3,(H,25,27)/t22-/m1/s1. The van der Waals surface area contributed by atoms with Gasteiger partial charge in [-0.2, -0.15) is 0 Å². The summed E-state index contributed by atoms with van der Waals surface area (Å²) >= 11 is 6.20. The van der Waals surface area contributed by atoms with Crippen LogP contribution in [0.5, 0.6) is 0 Å². The molecule has 1 atom stereocenters. The van der Waals surface area contributed by atoms with E-state index in [0.717, 1.165) is 32.5 Å². The van der Waals surface area contributed by atoms with Gasteiger partial charge in [0, 0.05) is 11.6 Å². The Bertz CT molecular complexity index is 1180. The molecule has 0 unspecified atom stereocenters. The fourth-order valence-electron chi connectivity index (χ4n) is 3.43. The summed E-state index contributed by atoms with van der Waals surface area (Å²) < 4.78 is 26.3. The van der Waals surface area contributed by atoms with Crippen molar-refractivity contribution in [1.82, 2.24) is 5.32 Å². The molecular formula is C23H25ClN2O3S. The van der Waals surface area contributed by atoms with Crippen LogP contribution >= 0.6 is 11.6 Å². The van der Waals surface area contributed by atoms with Gasteiger partial charge in [-0.3, -0.25) is 9.10 Å². The van der Waals surface area contributed by atoms with Gasteiger partial charge >= 0.3 is 0 Å². The van der Waals surface area contributed by atoms with Gasteiger partial charge in [0.25, 0.3) is 0 Å². The molecule has 1 N–H and O–H groups in total. The number of carbonyl (C=O) groups is 1. The summed E-state index contributed by atoms with van der Waals surface area (Å²) in [6.45, 7) is 3.94. The van der Waals surface area contributed by atoms with E-state index in [1.807, 2.05) is 49.4 Å². The van der Waals surface area contributed by atoms with Gasteiger partial charge in [-0.05, 0) is 53.4 Å². The van der Waals surface area contributed by atoms with E-state index in [0.29, 0.717) is 23.7 Å². The summed E-state index contributed by atoms with van der Waals surface area (Å²) in [5.74, 6) is -0.354. The molecule has 30 heavy (non-hydrogen) atoms. The van der Waals surface area contributed by atoms with Crippen molar-refractivity contribution in [3.63, 3.8) is 0 Å². The van der Waals surface area contributed by atoms with Crippen LogP contribution in [0.15, 0.2) is 60.7 Å². The molecule has 5 nitrogen and oxygen atoms in total. The number of aryl methyl sites for hydroxylation is 1. The number of halogens is 1. The molecule has 158 valence electrons. The van der Waals surface area contributed by atoms with E-state index in [4.69, 9.17) is 11.6 Å². The summed E-state index contributed by atoms with van der Waals surface area (Å²) in [6, 6.07) is 18.1. The molecule has 0 aliphatic rings. The molecule has 0 saturated carbocycles. The van der Waals surface area contributed by atoms with Crippen molar-refractivity contribution in [2.75, 3.05) is 10.6 Å². The predicted octanol–water partition coefficient (Wildman–Crippen LogP) is 4.66. The number of carbonyl (C=O) groups excluding carboxylic acids is 1. The van der Waals surface area contributed by atoms with Crippen molar-refractivity contribution in [3.8, 4) is 0 Å². The quantitative estimate of drug-likeness (QED) is 0.576. The molecule has 0 radical (unpaired) electrons. The van der Waals surface area contributed by atoms with E-state index in [1.165, 1.54) is 0 Å². The molecule has 1 amide bonds. The maximum absolute atomic E-state index is 13.0. The molecule has 3 rings (SSSR count). The summed E-state index contributed by atoms with van der Waals surface area (Å²) in [4.78, 5) is 13.0. The van der Waals surface area contributed by atoms with E-state index in [-0.39, 0.29) is 5.91 Å². The van der Waals surface area contributed by atoms with E-state index in [2.05, 4.69) is 5.32 Å². The smallest absolute Gasteiger partial charge is 0.244 e. The second-order valence-electron chi connectivity index (χ2n) is 7.32. The van der Waals surface area contributed by atoms with Crippen molar-refractivity contribution in [1.29, 1.82) is 0 Å². The van der Waals surface area contributed by atoms with Crippen LogP contribution in [-0.4, -0.2) is 26.6 Å². The average Bonchev–Trinajstić information content (AvgIpc) is 2.71. The molecule has 0 aliphatic heterocycles. The zero-order valence-corrected chi connectivity index (χ0v) is 18.8. The first-order valence-corrected chi connectivity index (χ1v) is 11.9. The number of fused-ring (bicyclic) bond motifs is 1. The van der Waals surface area contributed by atoms with E-state index in [1.54, 1.807) is 25.1 Å². The molecule has 7 heteroatoms. The number of anilines is 1. The third-order valence-electron chi connectivity index (χ3n) is 5.02. The van der Waals surface area contributed by atoms with Crippen molar-refractivity contribution in [2.24, 2.45) is 0 Å². The fraction of sp³-hybridized carbons (Fsp3) is 0.261. The van der Waals surface area contributed by atoms with Crippen LogP contribution in [0.2, 0.25) is 5.02 Å². The lowest BCUT2D eigenvalue weighted by Gasteiger charge is -2.30. The molecule has 0 saturated heterocycles. The average molecular weight is 445 g/mol. The number of amides is 1. The van der Waals surface area contributed by atoms with Gasteiger partial charge in [-0.15, -0.1) is 0 Å². The molecule has 0 aromatic heterocycles. The Hall–Kier alpha value is -2.57. The zero-order chi connectivity index (χ0) is 21.9. The van der Waals surface area contributed by atoms with Gasteiger partial charge in [0.15, 0.2) is 0 Å². The van der Waals surface area contributed by atoms with Gasteiger partial charge in [0.1, 0.15) is 6.04 Å². The Morgan fingerprint density at radius 3 is 2.40 bits per heavy atom. The van der Waals surface area contributed by atoms with Crippen LogP contribution in [0.3, 0.4) is 0 Å². The van der Waals surface area contributed by atoms with Crippen LogP contribution in [0.4, 0.5) is 5.69 Å². The van der Waals surface area contributed by atoms with Gasteiger partial charge < -0.3 is 5.32 Å². The lowest BCUT2D eigenvalue weighted by molar-refractivity contribution is -0.122. The third kappa shape index (κ3) is 4.94. The summed E-state index contributed by atoms with van der Waals surface area (Å²) in [5.41, 5.74) is 2.16. The molecular weight excluding hydrogens is 420 g/mol. The Labute approximate surface area is 182 Å². The highest BCUT2D eigenvalue weighted by Gasteiger charge is 2.31. The number of sulfonamides is 1. The zero-order valence-electron chi connectivity index (χ0n) is 17.2. The molecule has 0 fully saturated rings. The highest BCUT2D eigenvalue weighted by Crippen LogP contribution is 2.27. The first-order valence-electron chi connectivity index (χ1n) is 9.71. The van der Waals surface area contributed by atoms with Gasteiger partial charge in [-0.1, -0.05) is 61.0 Å². The van der Waals surface area contributed by atoms with Crippen molar-refractivity contribution < 1.29 is 13.2 Å². The topological polar surface area (TPSA) is 66.5 Å². The van der Waals surface area contributed by atoms with E-state index < -0.39 is 16.1 Å². The monoisotopic (exact) mass is 444 g/mol. The lowest BCUT2D eigenvalue weighted by Crippen LogP contribution is -2.49. The van der Waals surface area contributed by atoms with Crippen LogP contribution in [0.1, 0.15) is 24.5 Å². The second kappa shape index (κ2) is 9.06. The highest BCUT2D eigenvalue weighted by molar-refractivity contribution is 7.92. The van der Waals surface area contributed by atoms with Gasteiger partial charge in [0.05, 0.1) is 11.9 Å². The lowest BCUT2D eigenvalue weighted by atomic mass is 10.1. The van der Waals surface area contributed by atoms with Gasteiger partial charge in [-0.25, -0.2) is 8.42 Å². The van der Waals surface area contributed by atoms with E-state index >= 15 is 0 Å². The normalized spacial score (nSPS) is 12.5. The first kappa shape index (κ1) is 22.1. The van der Waals surface area contributed by atoms with Crippen molar-refractivity contribution in [3.05, 3.63) is 76.8 Å². The Morgan fingerprint density at radius 1 is 1.07 bits per heavy atom. The van der Waals surface area contributed by atoms with Crippen LogP contribution in [0, 0.1) is 6.92 Å². The minimum Gasteiger partial charge on any atom is -0.350 e. The second-order valence-corrected chi connectivity index (χ2v) is 9.58. The number of nitrogens with zero attached hydrogens (tertiary/aromatic N) is 1. The maximum Gasteiger partial charge on any atom is 0.244 e. The van der Waals surface area contributed by atoms with Crippen LogP contribution in [0.25, 0.3) is 10.8 Å². The number of nitrogens with one attached hydrogen (secondary N) is 1. The molecule has 0 heterocycles. The van der Waals surface area contributed by atoms with Crippen molar-refractivity contribution in [2.45, 2.75) is 32.9 Å². The van der Waals surface area contributed by atoms with Crippen LogP contribution in [-0.2, 0) is 21.4 Å². The van der Waals surface area contributed by atoms with Crippen molar-refractivity contribution >= 4 is 44.0 Å². The number of hydrogen-bond acceptors (Lipinski definition) is 3. The molecule has 0 bridgehead atoms. The minimum absolute atomic E-state index is 0.312.